The van der Waals surface area contributed by atoms with Crippen LogP contribution in [-0.2, 0) is 11.2 Å². The number of aromatic hydroxyl groups is 1. The summed E-state index contributed by atoms with van der Waals surface area (Å²) in [5.74, 6) is 2.89. The molecule has 3 fully saturated rings. The SMILES string of the molecule is COc1cc2c(cc1O)C1CC(=O)C3C4CCCC4C3N1CC2. The molecule has 4 heteroatoms. The number of methoxy groups -OCH3 is 1. The van der Waals surface area contributed by atoms with Crippen LogP contribution in [0.3, 0.4) is 0 Å². The fourth-order valence-corrected chi connectivity index (χ4v) is 5.95. The fraction of sp³-hybridized carbons (Fsp3) is 0.632. The minimum absolute atomic E-state index is 0.158. The van der Waals surface area contributed by atoms with Gasteiger partial charge in [-0.15, -0.1) is 0 Å². The Morgan fingerprint density at radius 2 is 2.09 bits per heavy atom. The Hall–Kier alpha value is -1.55. The van der Waals surface area contributed by atoms with Gasteiger partial charge >= 0.3 is 0 Å². The van der Waals surface area contributed by atoms with Crippen molar-refractivity contribution in [2.24, 2.45) is 17.8 Å². The van der Waals surface area contributed by atoms with E-state index in [4.69, 9.17) is 4.74 Å². The van der Waals surface area contributed by atoms with Gasteiger partial charge in [0.1, 0.15) is 5.78 Å². The number of piperidine rings is 1. The third-order valence-electron chi connectivity index (χ3n) is 6.88. The maximum atomic E-state index is 12.8. The van der Waals surface area contributed by atoms with Crippen molar-refractivity contribution in [1.82, 2.24) is 4.90 Å². The standard InChI is InChI=1S/C19H23NO3/c1-23-17-7-10-5-6-20-14(13(10)8-15(17)21)9-16(22)18-11-3-2-4-12(11)19(18)20/h7-8,11-12,14,18-19,21H,2-6,9H2,1H3. The topological polar surface area (TPSA) is 49.8 Å². The highest BCUT2D eigenvalue weighted by atomic mass is 16.5. The first kappa shape index (κ1) is 13.8. The number of Topliss-reactive ketones (excluding diaryl/α,β-unsaturated/α-hetero) is 1. The van der Waals surface area contributed by atoms with E-state index in [0.29, 0.717) is 35.8 Å². The number of ketones is 1. The first-order chi connectivity index (χ1) is 11.2. The van der Waals surface area contributed by atoms with E-state index in [0.717, 1.165) is 24.4 Å². The van der Waals surface area contributed by atoms with Gasteiger partial charge in [-0.3, -0.25) is 9.69 Å². The maximum absolute atomic E-state index is 12.8. The lowest BCUT2D eigenvalue weighted by molar-refractivity contribution is -0.156. The molecule has 2 saturated carbocycles. The van der Waals surface area contributed by atoms with E-state index >= 15 is 0 Å². The van der Waals surface area contributed by atoms with Gasteiger partial charge in [0.2, 0.25) is 0 Å². The number of fused-ring (bicyclic) bond motifs is 8. The van der Waals surface area contributed by atoms with Crippen molar-refractivity contribution in [3.05, 3.63) is 23.3 Å². The largest absolute Gasteiger partial charge is 0.504 e. The lowest BCUT2D eigenvalue weighted by Gasteiger charge is -2.60. The van der Waals surface area contributed by atoms with Crippen molar-refractivity contribution in [3.8, 4) is 11.5 Å². The Kier molecular flexibility index (Phi) is 2.85. The van der Waals surface area contributed by atoms with Gasteiger partial charge in [0.25, 0.3) is 0 Å². The number of carbonyl (C=O) groups is 1. The number of carbonyl (C=O) groups excluding carboxylic acids is 1. The van der Waals surface area contributed by atoms with Crippen molar-refractivity contribution >= 4 is 5.78 Å². The van der Waals surface area contributed by atoms with Gasteiger partial charge in [-0.25, -0.2) is 0 Å². The molecule has 4 nitrogen and oxygen atoms in total. The summed E-state index contributed by atoms with van der Waals surface area (Å²) in [4.78, 5) is 15.3. The second-order valence-corrected chi connectivity index (χ2v) is 7.67. The van der Waals surface area contributed by atoms with Crippen LogP contribution in [0.5, 0.6) is 11.5 Å². The maximum Gasteiger partial charge on any atom is 0.160 e. The first-order valence-corrected chi connectivity index (χ1v) is 8.87. The summed E-state index contributed by atoms with van der Waals surface area (Å²) >= 11 is 0. The molecule has 0 radical (unpaired) electrons. The third kappa shape index (κ3) is 1.73. The summed E-state index contributed by atoms with van der Waals surface area (Å²) in [7, 11) is 1.58. The highest BCUT2D eigenvalue weighted by Crippen LogP contribution is 2.59. The molecule has 0 amide bonds. The number of benzene rings is 1. The number of ether oxygens (including phenoxy) is 1. The highest BCUT2D eigenvalue weighted by molar-refractivity contribution is 5.85. The molecule has 0 aromatic heterocycles. The predicted molar refractivity (Wildman–Crippen MR) is 85.5 cm³/mol. The van der Waals surface area contributed by atoms with Crippen molar-refractivity contribution in [2.45, 2.75) is 44.2 Å². The number of phenolic OH excluding ortho intramolecular Hbond substituents is 1. The van der Waals surface area contributed by atoms with Crippen LogP contribution in [-0.4, -0.2) is 35.5 Å². The molecule has 23 heavy (non-hydrogen) atoms. The van der Waals surface area contributed by atoms with Crippen LogP contribution in [0, 0.1) is 17.8 Å². The van der Waals surface area contributed by atoms with Crippen molar-refractivity contribution in [3.63, 3.8) is 0 Å². The molecule has 122 valence electrons. The van der Waals surface area contributed by atoms with Gasteiger partial charge in [-0.1, -0.05) is 6.42 Å². The second kappa shape index (κ2) is 4.73. The van der Waals surface area contributed by atoms with Crippen LogP contribution in [0.25, 0.3) is 0 Å². The van der Waals surface area contributed by atoms with Crippen LogP contribution < -0.4 is 4.74 Å². The summed E-state index contributed by atoms with van der Waals surface area (Å²) in [6.45, 7) is 1.03. The third-order valence-corrected chi connectivity index (χ3v) is 6.88. The summed E-state index contributed by atoms with van der Waals surface area (Å²) in [6.07, 6.45) is 5.44. The number of nitrogens with zero attached hydrogens (tertiary/aromatic N) is 1. The van der Waals surface area contributed by atoms with E-state index in [2.05, 4.69) is 4.90 Å². The molecule has 4 aliphatic rings. The van der Waals surface area contributed by atoms with E-state index in [1.807, 2.05) is 12.1 Å². The predicted octanol–water partition coefficient (Wildman–Crippen LogP) is 2.69. The van der Waals surface area contributed by atoms with Crippen LogP contribution in [0.2, 0.25) is 0 Å². The van der Waals surface area contributed by atoms with Crippen LogP contribution >= 0.6 is 0 Å². The molecule has 5 rings (SSSR count). The van der Waals surface area contributed by atoms with Gasteiger partial charge in [-0.05, 0) is 54.4 Å². The van der Waals surface area contributed by atoms with Crippen molar-refractivity contribution in [1.29, 1.82) is 0 Å². The lowest BCUT2D eigenvalue weighted by atomic mass is 9.56. The zero-order valence-corrected chi connectivity index (χ0v) is 13.5. The van der Waals surface area contributed by atoms with Crippen LogP contribution in [0.4, 0.5) is 0 Å². The smallest absolute Gasteiger partial charge is 0.160 e. The molecule has 1 aromatic carbocycles. The molecular formula is C19H23NO3. The lowest BCUT2D eigenvalue weighted by Crippen LogP contribution is -2.65. The molecule has 0 spiro atoms. The molecule has 0 bridgehead atoms. The van der Waals surface area contributed by atoms with Crippen LogP contribution in [0.1, 0.15) is 42.9 Å². The molecule has 2 aliphatic heterocycles. The van der Waals surface area contributed by atoms with Crippen molar-refractivity contribution in [2.75, 3.05) is 13.7 Å². The molecule has 2 aliphatic carbocycles. The monoisotopic (exact) mass is 313 g/mol. The Morgan fingerprint density at radius 1 is 1.26 bits per heavy atom. The quantitative estimate of drug-likeness (QED) is 0.866. The molecule has 1 N–H and O–H groups in total. The number of rotatable bonds is 1. The molecule has 2 heterocycles. The number of hydrogen-bond acceptors (Lipinski definition) is 4. The zero-order chi connectivity index (χ0) is 15.7. The van der Waals surface area contributed by atoms with E-state index in [-0.39, 0.29) is 11.8 Å². The summed E-state index contributed by atoms with van der Waals surface area (Å²) in [6, 6.07) is 4.41. The highest BCUT2D eigenvalue weighted by Gasteiger charge is 2.61. The molecular weight excluding hydrogens is 290 g/mol. The molecule has 1 aromatic rings. The summed E-state index contributed by atoms with van der Waals surface area (Å²) in [5.41, 5.74) is 2.37. The van der Waals surface area contributed by atoms with Crippen LogP contribution in [0.15, 0.2) is 12.1 Å². The Morgan fingerprint density at radius 3 is 2.91 bits per heavy atom. The fourth-order valence-electron chi connectivity index (χ4n) is 5.95. The number of phenols is 1. The normalized spacial score (nSPS) is 38.1. The van der Waals surface area contributed by atoms with E-state index in [1.54, 1.807) is 7.11 Å². The van der Waals surface area contributed by atoms with Gasteiger partial charge in [-0.2, -0.15) is 0 Å². The van der Waals surface area contributed by atoms with Gasteiger partial charge < -0.3 is 9.84 Å². The van der Waals surface area contributed by atoms with E-state index in [9.17, 15) is 9.90 Å². The Balaban J connectivity index is 1.54. The van der Waals surface area contributed by atoms with Gasteiger partial charge in [0, 0.05) is 31.0 Å². The van der Waals surface area contributed by atoms with E-state index in [1.165, 1.54) is 24.8 Å². The Labute approximate surface area is 136 Å². The molecule has 5 unspecified atom stereocenters. The molecule has 5 atom stereocenters. The molecule has 1 saturated heterocycles. The average molecular weight is 313 g/mol. The first-order valence-electron chi connectivity index (χ1n) is 8.87. The average Bonchev–Trinajstić information content (AvgIpc) is 2.92. The van der Waals surface area contributed by atoms with Gasteiger partial charge in [0.05, 0.1) is 7.11 Å². The van der Waals surface area contributed by atoms with E-state index < -0.39 is 0 Å². The van der Waals surface area contributed by atoms with Crippen molar-refractivity contribution < 1.29 is 14.6 Å². The zero-order valence-electron chi connectivity index (χ0n) is 13.5. The number of hydrogen-bond donors (Lipinski definition) is 1. The van der Waals surface area contributed by atoms with Gasteiger partial charge in [0.15, 0.2) is 11.5 Å². The second-order valence-electron chi connectivity index (χ2n) is 7.67. The minimum atomic E-state index is 0.158. The minimum Gasteiger partial charge on any atom is -0.504 e. The Bertz CT molecular complexity index is 685. The summed E-state index contributed by atoms with van der Waals surface area (Å²) in [5, 5.41) is 10.2. The summed E-state index contributed by atoms with van der Waals surface area (Å²) < 4.78 is 5.24.